The third-order valence-corrected chi connectivity index (χ3v) is 5.97. The Labute approximate surface area is 119 Å². The van der Waals surface area contributed by atoms with Crippen molar-refractivity contribution in [3.8, 4) is 0 Å². The van der Waals surface area contributed by atoms with Gasteiger partial charge in [-0.1, -0.05) is 19.3 Å². The summed E-state index contributed by atoms with van der Waals surface area (Å²) in [5.41, 5.74) is 0.150. The molecule has 2 aliphatic rings. The summed E-state index contributed by atoms with van der Waals surface area (Å²) in [7, 11) is -3.47. The predicted molar refractivity (Wildman–Crippen MR) is 75.7 cm³/mol. The summed E-state index contributed by atoms with van der Waals surface area (Å²) in [5, 5.41) is 3.78. The van der Waals surface area contributed by atoms with Crippen LogP contribution in [0.25, 0.3) is 0 Å². The summed E-state index contributed by atoms with van der Waals surface area (Å²) in [4.78, 5) is 6.44. The van der Waals surface area contributed by atoms with Crippen molar-refractivity contribution < 1.29 is 8.42 Å². The third kappa shape index (κ3) is 2.89. The Balaban J connectivity index is 1.68. The van der Waals surface area contributed by atoms with Crippen molar-refractivity contribution in [2.24, 2.45) is 0 Å². The number of sulfonamides is 1. The SMILES string of the molecule is O=S(=O)(NC1CCNC2(CCCCC2)C1)c1cnc[nH]1. The number of rotatable bonds is 3. The third-order valence-electron chi connectivity index (χ3n) is 4.53. The normalized spacial score (nSPS) is 26.7. The number of hydrogen-bond donors (Lipinski definition) is 3. The largest absolute Gasteiger partial charge is 0.335 e. The maximum Gasteiger partial charge on any atom is 0.257 e. The standard InChI is InChI=1S/C13H22N4O2S/c18-20(19,12-9-14-10-15-12)17-11-4-7-16-13(8-11)5-2-1-3-6-13/h9-11,16-17H,1-8H2,(H,14,15). The number of imidazole rings is 1. The van der Waals surface area contributed by atoms with Crippen LogP contribution in [0.3, 0.4) is 0 Å². The molecular formula is C13H22N4O2S. The molecule has 6 nitrogen and oxygen atoms in total. The van der Waals surface area contributed by atoms with Gasteiger partial charge < -0.3 is 10.3 Å². The highest BCUT2D eigenvalue weighted by Crippen LogP contribution is 2.34. The van der Waals surface area contributed by atoms with Gasteiger partial charge in [0.05, 0.1) is 12.5 Å². The molecule has 0 amide bonds. The van der Waals surface area contributed by atoms with Gasteiger partial charge in [0.15, 0.2) is 5.03 Å². The number of piperidine rings is 1. The van der Waals surface area contributed by atoms with Gasteiger partial charge >= 0.3 is 0 Å². The maximum absolute atomic E-state index is 12.2. The molecule has 1 atom stereocenters. The molecule has 3 rings (SSSR count). The number of aromatic amines is 1. The van der Waals surface area contributed by atoms with E-state index in [-0.39, 0.29) is 16.6 Å². The molecule has 1 aliphatic heterocycles. The fraction of sp³-hybridized carbons (Fsp3) is 0.769. The van der Waals surface area contributed by atoms with Crippen molar-refractivity contribution in [3.63, 3.8) is 0 Å². The average molecular weight is 298 g/mol. The first kappa shape index (κ1) is 14.0. The Kier molecular flexibility index (Phi) is 3.83. The molecule has 0 radical (unpaired) electrons. The van der Waals surface area contributed by atoms with Crippen LogP contribution in [0.15, 0.2) is 17.6 Å². The van der Waals surface area contributed by atoms with Crippen LogP contribution in [-0.2, 0) is 10.0 Å². The van der Waals surface area contributed by atoms with E-state index in [2.05, 4.69) is 20.0 Å². The topological polar surface area (TPSA) is 86.9 Å². The van der Waals surface area contributed by atoms with Gasteiger partial charge in [0.1, 0.15) is 0 Å². The van der Waals surface area contributed by atoms with E-state index in [1.807, 2.05) is 0 Å². The van der Waals surface area contributed by atoms with E-state index < -0.39 is 10.0 Å². The second-order valence-electron chi connectivity index (χ2n) is 5.99. The van der Waals surface area contributed by atoms with Crippen LogP contribution >= 0.6 is 0 Å². The van der Waals surface area contributed by atoms with Crippen molar-refractivity contribution in [2.75, 3.05) is 6.54 Å². The first-order valence-corrected chi connectivity index (χ1v) is 8.84. The molecule has 0 aromatic carbocycles. The Bertz CT molecular complexity index is 529. The van der Waals surface area contributed by atoms with E-state index in [1.165, 1.54) is 31.8 Å². The van der Waals surface area contributed by atoms with Gasteiger partial charge in [-0.25, -0.2) is 18.1 Å². The fourth-order valence-electron chi connectivity index (χ4n) is 3.54. The Morgan fingerprint density at radius 2 is 2.10 bits per heavy atom. The Hall–Kier alpha value is -0.920. The first-order valence-electron chi connectivity index (χ1n) is 7.35. The van der Waals surface area contributed by atoms with Gasteiger partial charge in [-0.15, -0.1) is 0 Å². The quantitative estimate of drug-likeness (QED) is 0.781. The van der Waals surface area contributed by atoms with Crippen molar-refractivity contribution >= 4 is 10.0 Å². The number of hydrogen-bond acceptors (Lipinski definition) is 4. The van der Waals surface area contributed by atoms with Gasteiger partial charge in [-0.3, -0.25) is 0 Å². The predicted octanol–water partition coefficient (Wildman–Crippen LogP) is 1.14. The lowest BCUT2D eigenvalue weighted by Gasteiger charge is -2.44. The first-order chi connectivity index (χ1) is 9.60. The fourth-order valence-corrected chi connectivity index (χ4v) is 4.71. The Morgan fingerprint density at radius 1 is 1.30 bits per heavy atom. The van der Waals surface area contributed by atoms with Crippen LogP contribution in [0.1, 0.15) is 44.9 Å². The highest BCUT2D eigenvalue weighted by molar-refractivity contribution is 7.89. The molecular weight excluding hydrogens is 276 g/mol. The minimum Gasteiger partial charge on any atom is -0.335 e. The van der Waals surface area contributed by atoms with Crippen LogP contribution in [0.5, 0.6) is 0 Å². The minimum absolute atomic E-state index is 0.0163. The summed E-state index contributed by atoms with van der Waals surface area (Å²) in [6.07, 6.45) is 10.6. The molecule has 7 heteroatoms. The van der Waals surface area contributed by atoms with E-state index in [0.29, 0.717) is 0 Å². The molecule has 1 saturated heterocycles. The van der Waals surface area contributed by atoms with Gasteiger partial charge in [0.25, 0.3) is 10.0 Å². The molecule has 1 aliphatic carbocycles. The van der Waals surface area contributed by atoms with Crippen LogP contribution < -0.4 is 10.0 Å². The van der Waals surface area contributed by atoms with E-state index in [9.17, 15) is 8.42 Å². The van der Waals surface area contributed by atoms with Gasteiger partial charge in [0, 0.05) is 11.6 Å². The van der Waals surface area contributed by atoms with E-state index in [4.69, 9.17) is 0 Å². The van der Waals surface area contributed by atoms with Crippen molar-refractivity contribution in [3.05, 3.63) is 12.5 Å². The molecule has 2 fully saturated rings. The summed E-state index contributed by atoms with van der Waals surface area (Å²) in [5.74, 6) is 0. The smallest absolute Gasteiger partial charge is 0.257 e. The summed E-state index contributed by atoms with van der Waals surface area (Å²) in [6.45, 7) is 0.885. The molecule has 1 unspecified atom stereocenters. The van der Waals surface area contributed by atoms with Crippen molar-refractivity contribution in [1.82, 2.24) is 20.0 Å². The zero-order chi connectivity index (χ0) is 14.1. The highest BCUT2D eigenvalue weighted by Gasteiger charge is 2.38. The van der Waals surface area contributed by atoms with Crippen LogP contribution in [0, 0.1) is 0 Å². The molecule has 0 bridgehead atoms. The molecule has 1 aromatic rings. The second-order valence-corrected chi connectivity index (χ2v) is 7.68. The van der Waals surface area contributed by atoms with E-state index in [0.717, 1.165) is 32.2 Å². The van der Waals surface area contributed by atoms with Crippen molar-refractivity contribution in [1.29, 1.82) is 0 Å². The lowest BCUT2D eigenvalue weighted by molar-refractivity contribution is 0.165. The molecule has 1 saturated carbocycles. The van der Waals surface area contributed by atoms with Gasteiger partial charge in [0.2, 0.25) is 0 Å². The van der Waals surface area contributed by atoms with Crippen molar-refractivity contribution in [2.45, 2.75) is 61.6 Å². The second kappa shape index (κ2) is 5.46. The lowest BCUT2D eigenvalue weighted by atomic mass is 9.75. The average Bonchev–Trinajstić information content (AvgIpc) is 2.94. The number of nitrogens with one attached hydrogen (secondary N) is 3. The van der Waals surface area contributed by atoms with E-state index in [1.54, 1.807) is 0 Å². The zero-order valence-corrected chi connectivity index (χ0v) is 12.4. The Morgan fingerprint density at radius 3 is 2.80 bits per heavy atom. The lowest BCUT2D eigenvalue weighted by Crippen LogP contribution is -2.57. The molecule has 3 N–H and O–H groups in total. The summed E-state index contributed by atoms with van der Waals surface area (Å²) >= 11 is 0. The minimum atomic E-state index is -3.47. The van der Waals surface area contributed by atoms with Crippen LogP contribution in [-0.4, -0.2) is 36.5 Å². The van der Waals surface area contributed by atoms with Gasteiger partial charge in [-0.05, 0) is 32.2 Å². The van der Waals surface area contributed by atoms with Crippen LogP contribution in [0.2, 0.25) is 0 Å². The molecule has 1 aromatic heterocycles. The maximum atomic E-state index is 12.2. The van der Waals surface area contributed by atoms with E-state index >= 15 is 0 Å². The summed E-state index contributed by atoms with van der Waals surface area (Å²) in [6, 6.07) is 0.0163. The number of H-pyrrole nitrogens is 1. The molecule has 20 heavy (non-hydrogen) atoms. The van der Waals surface area contributed by atoms with Gasteiger partial charge in [-0.2, -0.15) is 0 Å². The molecule has 1 spiro atoms. The zero-order valence-electron chi connectivity index (χ0n) is 11.6. The van der Waals surface area contributed by atoms with Crippen LogP contribution in [0.4, 0.5) is 0 Å². The number of aromatic nitrogens is 2. The number of nitrogens with zero attached hydrogens (tertiary/aromatic N) is 1. The summed E-state index contributed by atoms with van der Waals surface area (Å²) < 4.78 is 27.3. The highest BCUT2D eigenvalue weighted by atomic mass is 32.2. The monoisotopic (exact) mass is 298 g/mol. The molecule has 112 valence electrons. The molecule has 2 heterocycles.